The maximum absolute atomic E-state index is 12.6. The summed E-state index contributed by atoms with van der Waals surface area (Å²) in [6.45, 7) is 1.51. The van der Waals surface area contributed by atoms with Gasteiger partial charge in [0.25, 0.3) is 11.1 Å². The highest BCUT2D eigenvalue weighted by Crippen LogP contribution is 2.33. The molecule has 0 bridgehead atoms. The second-order valence-corrected chi connectivity index (χ2v) is 7.79. The lowest BCUT2D eigenvalue weighted by atomic mass is 10.1. The number of thioether (sulfide) groups is 1. The lowest BCUT2D eigenvalue weighted by Gasteiger charge is -2.13. The van der Waals surface area contributed by atoms with Gasteiger partial charge >= 0.3 is 0 Å². The number of nitrogens with zero attached hydrogens (tertiary/aromatic N) is 1. The Morgan fingerprint density at radius 3 is 2.53 bits per heavy atom. The minimum Gasteiger partial charge on any atom is -0.496 e. The molecule has 0 aromatic heterocycles. The molecule has 9 heteroatoms. The number of aryl methyl sites for hydroxylation is 1. The smallest absolute Gasteiger partial charge is 0.294 e. The summed E-state index contributed by atoms with van der Waals surface area (Å²) >= 11 is 6.83. The van der Waals surface area contributed by atoms with Crippen LogP contribution >= 0.6 is 23.4 Å². The van der Waals surface area contributed by atoms with E-state index in [1.54, 1.807) is 31.4 Å². The van der Waals surface area contributed by atoms with E-state index in [9.17, 15) is 14.4 Å². The summed E-state index contributed by atoms with van der Waals surface area (Å²) in [7, 11) is 3.05. The zero-order valence-electron chi connectivity index (χ0n) is 16.5. The van der Waals surface area contributed by atoms with Crippen molar-refractivity contribution < 1.29 is 23.9 Å². The van der Waals surface area contributed by atoms with E-state index < -0.39 is 23.6 Å². The molecule has 7 nitrogen and oxygen atoms in total. The van der Waals surface area contributed by atoms with E-state index in [-0.39, 0.29) is 4.91 Å². The number of hydrogen-bond acceptors (Lipinski definition) is 6. The summed E-state index contributed by atoms with van der Waals surface area (Å²) < 4.78 is 10.3. The molecule has 1 aliphatic rings. The molecular weight excluding hydrogens is 428 g/mol. The number of benzene rings is 2. The number of carbonyl (C=O) groups is 3. The third-order valence-corrected chi connectivity index (χ3v) is 5.54. The molecule has 1 aliphatic heterocycles. The molecule has 3 amide bonds. The van der Waals surface area contributed by atoms with Crippen LogP contribution in [0.1, 0.15) is 11.1 Å². The van der Waals surface area contributed by atoms with Crippen molar-refractivity contribution in [2.45, 2.75) is 6.92 Å². The van der Waals surface area contributed by atoms with E-state index >= 15 is 0 Å². The Bertz CT molecular complexity index is 1050. The van der Waals surface area contributed by atoms with E-state index in [2.05, 4.69) is 5.32 Å². The van der Waals surface area contributed by atoms with Gasteiger partial charge in [-0.25, -0.2) is 0 Å². The third kappa shape index (κ3) is 4.77. The van der Waals surface area contributed by atoms with Crippen LogP contribution in [0.4, 0.5) is 10.5 Å². The number of ether oxygens (including phenoxy) is 2. The maximum Gasteiger partial charge on any atom is 0.294 e. The van der Waals surface area contributed by atoms with E-state index in [4.69, 9.17) is 21.1 Å². The number of rotatable bonds is 6. The molecule has 0 radical (unpaired) electrons. The van der Waals surface area contributed by atoms with Crippen molar-refractivity contribution in [3.05, 3.63) is 57.5 Å². The lowest BCUT2D eigenvalue weighted by molar-refractivity contribution is -0.127. The van der Waals surface area contributed by atoms with Gasteiger partial charge in [0, 0.05) is 5.69 Å². The number of methoxy groups -OCH3 is 2. The van der Waals surface area contributed by atoms with Gasteiger partial charge in [-0.1, -0.05) is 23.7 Å². The summed E-state index contributed by atoms with van der Waals surface area (Å²) in [4.78, 5) is 38.4. The van der Waals surface area contributed by atoms with Gasteiger partial charge in [-0.15, -0.1) is 0 Å². The van der Waals surface area contributed by atoms with Crippen LogP contribution in [0.5, 0.6) is 11.5 Å². The molecule has 30 heavy (non-hydrogen) atoms. The Kier molecular flexibility index (Phi) is 6.69. The zero-order chi connectivity index (χ0) is 21.8. The Morgan fingerprint density at radius 1 is 1.13 bits per heavy atom. The molecule has 0 atom stereocenters. The second-order valence-electron chi connectivity index (χ2n) is 6.39. The van der Waals surface area contributed by atoms with Gasteiger partial charge < -0.3 is 14.8 Å². The van der Waals surface area contributed by atoms with Gasteiger partial charge in [0.1, 0.15) is 18.0 Å². The molecule has 156 valence electrons. The second kappa shape index (κ2) is 9.23. The molecule has 0 spiro atoms. The fourth-order valence-corrected chi connectivity index (χ4v) is 3.90. The number of amides is 3. The van der Waals surface area contributed by atoms with Crippen molar-refractivity contribution in [3.63, 3.8) is 0 Å². The van der Waals surface area contributed by atoms with Crippen LogP contribution in [0.3, 0.4) is 0 Å². The van der Waals surface area contributed by atoms with E-state index in [1.165, 1.54) is 13.2 Å². The SMILES string of the molecule is COc1cc(C=C2SC(=O)N(CC(=O)Nc3ccc(OC)c(Cl)c3)C2=O)ccc1C. The number of imide groups is 1. The summed E-state index contributed by atoms with van der Waals surface area (Å²) in [5, 5.41) is 2.44. The predicted molar refractivity (Wildman–Crippen MR) is 117 cm³/mol. The van der Waals surface area contributed by atoms with Gasteiger partial charge in [-0.3, -0.25) is 19.3 Å². The van der Waals surface area contributed by atoms with Crippen molar-refractivity contribution in [1.82, 2.24) is 4.90 Å². The minimum absolute atomic E-state index is 0.242. The summed E-state index contributed by atoms with van der Waals surface area (Å²) in [6, 6.07) is 10.2. The molecule has 1 fully saturated rings. The topological polar surface area (TPSA) is 84.9 Å². The fraction of sp³-hybridized carbons (Fsp3) is 0.190. The summed E-state index contributed by atoms with van der Waals surface area (Å²) in [5.41, 5.74) is 2.11. The monoisotopic (exact) mass is 446 g/mol. The van der Waals surface area contributed by atoms with Crippen LogP contribution in [0.15, 0.2) is 41.3 Å². The van der Waals surface area contributed by atoms with Crippen LogP contribution in [0.25, 0.3) is 6.08 Å². The number of halogens is 1. The standard InChI is InChI=1S/C21H19ClN2O5S/c1-12-4-5-13(8-17(12)29-3)9-18-20(26)24(21(27)30-18)11-19(25)23-14-6-7-16(28-2)15(22)10-14/h4-10H,11H2,1-3H3,(H,23,25). The first-order valence-electron chi connectivity index (χ1n) is 8.85. The average molecular weight is 447 g/mol. The third-order valence-electron chi connectivity index (χ3n) is 4.34. The molecule has 1 N–H and O–H groups in total. The van der Waals surface area contributed by atoms with Crippen LogP contribution in [-0.2, 0) is 9.59 Å². The molecule has 1 saturated heterocycles. The number of hydrogen-bond donors (Lipinski definition) is 1. The van der Waals surface area contributed by atoms with Gasteiger partial charge in [0.15, 0.2) is 0 Å². The van der Waals surface area contributed by atoms with E-state index in [0.29, 0.717) is 22.2 Å². The van der Waals surface area contributed by atoms with Gasteiger partial charge in [-0.2, -0.15) is 0 Å². The first kappa shape index (κ1) is 21.7. The largest absolute Gasteiger partial charge is 0.496 e. The molecule has 0 saturated carbocycles. The Labute approximate surface area is 183 Å². The number of nitrogens with one attached hydrogen (secondary N) is 1. The quantitative estimate of drug-likeness (QED) is 0.664. The number of anilines is 1. The van der Waals surface area contributed by atoms with Crippen molar-refractivity contribution in [1.29, 1.82) is 0 Å². The van der Waals surface area contributed by atoms with Crippen LogP contribution in [0.2, 0.25) is 5.02 Å². The van der Waals surface area contributed by atoms with E-state index in [0.717, 1.165) is 27.8 Å². The highest BCUT2D eigenvalue weighted by atomic mass is 35.5. The molecule has 3 rings (SSSR count). The van der Waals surface area contributed by atoms with Crippen molar-refractivity contribution in [3.8, 4) is 11.5 Å². The van der Waals surface area contributed by atoms with Crippen LogP contribution in [0, 0.1) is 6.92 Å². The Morgan fingerprint density at radius 2 is 1.87 bits per heavy atom. The molecule has 0 aliphatic carbocycles. The Hall–Kier alpha value is -2.97. The summed E-state index contributed by atoms with van der Waals surface area (Å²) in [5.74, 6) is 0.114. The molecule has 0 unspecified atom stereocenters. The van der Waals surface area contributed by atoms with Gasteiger partial charge in [0.2, 0.25) is 5.91 Å². The predicted octanol–water partition coefficient (Wildman–Crippen LogP) is 4.34. The highest BCUT2D eigenvalue weighted by molar-refractivity contribution is 8.18. The summed E-state index contributed by atoms with van der Waals surface area (Å²) in [6.07, 6.45) is 1.61. The van der Waals surface area contributed by atoms with Crippen molar-refractivity contribution in [2.24, 2.45) is 0 Å². The minimum atomic E-state index is -0.521. The number of carbonyl (C=O) groups excluding carboxylic acids is 3. The van der Waals surface area contributed by atoms with Crippen molar-refractivity contribution >= 4 is 52.2 Å². The maximum atomic E-state index is 12.6. The fourth-order valence-electron chi connectivity index (χ4n) is 2.80. The Balaban J connectivity index is 1.70. The van der Waals surface area contributed by atoms with Crippen LogP contribution < -0.4 is 14.8 Å². The van der Waals surface area contributed by atoms with E-state index in [1.807, 2.05) is 19.1 Å². The molecule has 1 heterocycles. The van der Waals surface area contributed by atoms with Gasteiger partial charge in [0.05, 0.1) is 24.1 Å². The average Bonchev–Trinajstić information content (AvgIpc) is 2.97. The lowest BCUT2D eigenvalue weighted by Crippen LogP contribution is -2.36. The first-order valence-corrected chi connectivity index (χ1v) is 10.0. The zero-order valence-corrected chi connectivity index (χ0v) is 18.1. The van der Waals surface area contributed by atoms with Crippen molar-refractivity contribution in [2.75, 3.05) is 26.1 Å². The first-order chi connectivity index (χ1) is 14.3. The normalized spacial score (nSPS) is 14.9. The van der Waals surface area contributed by atoms with Gasteiger partial charge in [-0.05, 0) is 60.2 Å². The van der Waals surface area contributed by atoms with Crippen LogP contribution in [-0.4, -0.2) is 42.7 Å². The molecular formula is C21H19ClN2O5S. The molecule has 2 aromatic carbocycles. The molecule has 2 aromatic rings. The highest BCUT2D eigenvalue weighted by Gasteiger charge is 2.36.